The summed E-state index contributed by atoms with van der Waals surface area (Å²) in [5.41, 5.74) is 0.134. The summed E-state index contributed by atoms with van der Waals surface area (Å²) in [6.45, 7) is 0. The van der Waals surface area contributed by atoms with Gasteiger partial charge in [-0.05, 0) is 24.3 Å². The van der Waals surface area contributed by atoms with Gasteiger partial charge in [0.25, 0.3) is 21.6 Å². The van der Waals surface area contributed by atoms with E-state index in [9.17, 15) is 23.3 Å². The molecule has 2 rings (SSSR count). The molecular weight excluding hydrogens is 350 g/mol. The first kappa shape index (κ1) is 18.5. The minimum atomic E-state index is -3.89. The van der Waals surface area contributed by atoms with E-state index in [-0.39, 0.29) is 21.8 Å². The number of nitrogens with zero attached hydrogens (tertiary/aromatic N) is 2. The third kappa shape index (κ3) is 4.18. The highest BCUT2D eigenvalue weighted by molar-refractivity contribution is 7.89. The van der Waals surface area contributed by atoms with Crippen molar-refractivity contribution in [3.05, 3.63) is 64.2 Å². The number of carbonyl (C=O) groups is 1. The monoisotopic (exact) mass is 365 g/mol. The van der Waals surface area contributed by atoms with Gasteiger partial charge >= 0.3 is 0 Å². The van der Waals surface area contributed by atoms with Crippen molar-refractivity contribution in [2.24, 2.45) is 0 Å². The fourth-order valence-corrected chi connectivity index (χ4v) is 2.96. The summed E-state index contributed by atoms with van der Waals surface area (Å²) in [5, 5.41) is 13.3. The van der Waals surface area contributed by atoms with Crippen molar-refractivity contribution in [2.45, 2.75) is 4.90 Å². The second-order valence-corrected chi connectivity index (χ2v) is 6.82. The van der Waals surface area contributed by atoms with Gasteiger partial charge in [-0.1, -0.05) is 16.6 Å². The van der Waals surface area contributed by atoms with Crippen LogP contribution in [-0.4, -0.2) is 37.9 Å². The molecule has 0 aliphatic rings. The average molecular weight is 365 g/mol. The van der Waals surface area contributed by atoms with Crippen molar-refractivity contribution in [3.63, 3.8) is 0 Å². The molecule has 0 bridgehead atoms. The first-order chi connectivity index (χ1) is 11.8. The summed E-state index contributed by atoms with van der Waals surface area (Å²) < 4.78 is 25.1. The molecule has 0 saturated heterocycles. The Balaban J connectivity index is 2.28. The van der Waals surface area contributed by atoms with Crippen molar-refractivity contribution < 1.29 is 23.0 Å². The number of sulfonamides is 1. The predicted octanol–water partition coefficient (Wildman–Crippen LogP) is 2.03. The van der Waals surface area contributed by atoms with Gasteiger partial charge in [0, 0.05) is 30.4 Å². The van der Waals surface area contributed by atoms with Crippen molar-refractivity contribution in [1.82, 2.24) is 4.47 Å². The number of nitro benzene ring substituents is 1. The summed E-state index contributed by atoms with van der Waals surface area (Å²) in [7, 11) is -1.46. The van der Waals surface area contributed by atoms with E-state index in [1.54, 1.807) is 0 Å². The highest BCUT2D eigenvalue weighted by Crippen LogP contribution is 2.19. The standard InChI is InChI=1S/C15H15N3O6S/c1-17(24-2)25(22,23)14-8-3-5-11(9-14)15(19)16-12-6-4-7-13(10-12)18(20)21/h3-10H,1-2H3,(H,16,19). The third-order valence-electron chi connectivity index (χ3n) is 3.30. The van der Waals surface area contributed by atoms with Crippen LogP contribution in [0.1, 0.15) is 10.4 Å². The van der Waals surface area contributed by atoms with Crippen molar-refractivity contribution in [3.8, 4) is 0 Å². The van der Waals surface area contributed by atoms with E-state index in [0.717, 1.165) is 0 Å². The lowest BCUT2D eigenvalue weighted by molar-refractivity contribution is -0.384. The average Bonchev–Trinajstić information content (AvgIpc) is 2.61. The van der Waals surface area contributed by atoms with Crippen LogP contribution in [0.2, 0.25) is 0 Å². The quantitative estimate of drug-likeness (QED) is 0.618. The summed E-state index contributed by atoms with van der Waals surface area (Å²) in [6.07, 6.45) is 0. The molecule has 2 aromatic rings. The Morgan fingerprint density at radius 3 is 2.52 bits per heavy atom. The number of benzene rings is 2. The van der Waals surface area contributed by atoms with Crippen LogP contribution in [0.15, 0.2) is 53.4 Å². The SMILES string of the molecule is CON(C)S(=O)(=O)c1cccc(C(=O)Nc2cccc([N+](=O)[O-])c2)c1. The number of rotatable bonds is 6. The van der Waals surface area contributed by atoms with E-state index < -0.39 is 20.9 Å². The Morgan fingerprint density at radius 2 is 1.88 bits per heavy atom. The first-order valence-corrected chi connectivity index (χ1v) is 8.38. The topological polar surface area (TPSA) is 119 Å². The van der Waals surface area contributed by atoms with Gasteiger partial charge in [-0.15, -0.1) is 0 Å². The lowest BCUT2D eigenvalue weighted by Gasteiger charge is -2.14. The van der Waals surface area contributed by atoms with Gasteiger partial charge in [0.05, 0.1) is 16.9 Å². The number of nitro groups is 1. The third-order valence-corrected chi connectivity index (χ3v) is 4.98. The predicted molar refractivity (Wildman–Crippen MR) is 89.4 cm³/mol. The highest BCUT2D eigenvalue weighted by Gasteiger charge is 2.22. The molecule has 0 radical (unpaired) electrons. The van der Waals surface area contributed by atoms with Crippen LogP contribution in [0, 0.1) is 10.1 Å². The summed E-state index contributed by atoms with van der Waals surface area (Å²) >= 11 is 0. The fraction of sp³-hybridized carbons (Fsp3) is 0.133. The maximum atomic E-state index is 12.3. The largest absolute Gasteiger partial charge is 0.322 e. The second-order valence-electron chi connectivity index (χ2n) is 4.89. The highest BCUT2D eigenvalue weighted by atomic mass is 32.2. The zero-order chi connectivity index (χ0) is 18.6. The van der Waals surface area contributed by atoms with Gasteiger partial charge in [-0.2, -0.15) is 0 Å². The van der Waals surface area contributed by atoms with E-state index in [1.807, 2.05) is 0 Å². The molecular formula is C15H15N3O6S. The Morgan fingerprint density at radius 1 is 1.20 bits per heavy atom. The van der Waals surface area contributed by atoms with Gasteiger partial charge in [0.1, 0.15) is 0 Å². The lowest BCUT2D eigenvalue weighted by atomic mass is 10.2. The molecule has 25 heavy (non-hydrogen) atoms. The summed E-state index contributed by atoms with van der Waals surface area (Å²) in [6, 6.07) is 10.8. The van der Waals surface area contributed by atoms with Gasteiger partial charge < -0.3 is 5.32 Å². The van der Waals surface area contributed by atoms with Gasteiger partial charge in [0.15, 0.2) is 0 Å². The molecule has 132 valence electrons. The number of carbonyl (C=O) groups excluding carboxylic acids is 1. The lowest BCUT2D eigenvalue weighted by Crippen LogP contribution is -2.26. The van der Waals surface area contributed by atoms with Gasteiger partial charge in [0.2, 0.25) is 0 Å². The summed E-state index contributed by atoms with van der Waals surface area (Å²) in [5.74, 6) is -0.599. The van der Waals surface area contributed by atoms with Crippen LogP contribution in [0.3, 0.4) is 0 Å². The van der Waals surface area contributed by atoms with Crippen LogP contribution in [0.4, 0.5) is 11.4 Å². The summed E-state index contributed by atoms with van der Waals surface area (Å²) in [4.78, 5) is 27.0. The number of anilines is 1. The molecule has 0 spiro atoms. The van der Waals surface area contributed by atoms with Crippen LogP contribution in [0.25, 0.3) is 0 Å². The van der Waals surface area contributed by atoms with Gasteiger partial charge in [-0.3, -0.25) is 19.7 Å². The molecule has 0 unspecified atom stereocenters. The van der Waals surface area contributed by atoms with Crippen molar-refractivity contribution >= 4 is 27.3 Å². The molecule has 1 amide bonds. The molecule has 0 heterocycles. The molecule has 2 aromatic carbocycles. The van der Waals surface area contributed by atoms with E-state index in [4.69, 9.17) is 0 Å². The molecule has 0 aliphatic heterocycles. The number of amides is 1. The Hall–Kier alpha value is -2.82. The van der Waals surface area contributed by atoms with Crippen molar-refractivity contribution in [1.29, 1.82) is 0 Å². The number of nitrogens with one attached hydrogen (secondary N) is 1. The minimum Gasteiger partial charge on any atom is -0.322 e. The first-order valence-electron chi connectivity index (χ1n) is 6.94. The van der Waals surface area contributed by atoms with E-state index in [1.165, 1.54) is 62.7 Å². The van der Waals surface area contributed by atoms with Crippen molar-refractivity contribution in [2.75, 3.05) is 19.5 Å². The number of hydrogen-bond acceptors (Lipinski definition) is 6. The van der Waals surface area contributed by atoms with Crippen LogP contribution in [0.5, 0.6) is 0 Å². The Kier molecular flexibility index (Phi) is 5.47. The second kappa shape index (κ2) is 7.38. The van der Waals surface area contributed by atoms with Crippen LogP contribution < -0.4 is 5.32 Å². The number of non-ortho nitro benzene ring substituents is 1. The molecule has 9 nitrogen and oxygen atoms in total. The Bertz CT molecular complexity index is 913. The smallest absolute Gasteiger partial charge is 0.271 e. The molecule has 1 N–H and O–H groups in total. The normalized spacial score (nSPS) is 11.3. The molecule has 10 heteroatoms. The number of hydroxylamine groups is 1. The molecule has 0 aliphatic carbocycles. The maximum Gasteiger partial charge on any atom is 0.271 e. The van der Waals surface area contributed by atoms with Gasteiger partial charge in [-0.25, -0.2) is 8.42 Å². The molecule has 0 aromatic heterocycles. The zero-order valence-corrected chi connectivity index (χ0v) is 14.2. The van der Waals surface area contributed by atoms with E-state index in [0.29, 0.717) is 4.47 Å². The molecule has 0 atom stereocenters. The Labute approximate surface area is 144 Å². The zero-order valence-electron chi connectivity index (χ0n) is 13.4. The maximum absolute atomic E-state index is 12.3. The van der Waals surface area contributed by atoms with Crippen LogP contribution in [-0.2, 0) is 14.9 Å². The molecule has 0 saturated carbocycles. The van der Waals surface area contributed by atoms with E-state index >= 15 is 0 Å². The van der Waals surface area contributed by atoms with E-state index in [2.05, 4.69) is 10.2 Å². The minimum absolute atomic E-state index is 0.0806. The molecule has 0 fully saturated rings. The fourth-order valence-electron chi connectivity index (χ4n) is 1.94. The number of hydrogen-bond donors (Lipinski definition) is 1. The van der Waals surface area contributed by atoms with Crippen LogP contribution >= 0.6 is 0 Å².